The summed E-state index contributed by atoms with van der Waals surface area (Å²) >= 11 is 0. The lowest BCUT2D eigenvalue weighted by molar-refractivity contribution is 0.776. The smallest absolute Gasteiger partial charge is 0.130 e. The molecule has 2 heterocycles. The molecule has 0 fully saturated rings. The zero-order valence-electron chi connectivity index (χ0n) is 11.3. The maximum absolute atomic E-state index is 5.62. The zero-order chi connectivity index (χ0) is 13.7. The van der Waals surface area contributed by atoms with Crippen molar-refractivity contribution in [1.82, 2.24) is 15.0 Å². The minimum Gasteiger partial charge on any atom is -0.367 e. The number of aryl methyl sites for hydroxylation is 1. The lowest BCUT2D eigenvalue weighted by Gasteiger charge is -2.15. The van der Waals surface area contributed by atoms with Crippen LogP contribution in [0.5, 0.6) is 0 Å². The quantitative estimate of drug-likeness (QED) is 0.852. The van der Waals surface area contributed by atoms with Crippen LogP contribution in [0, 0.1) is 6.92 Å². The van der Waals surface area contributed by atoms with E-state index in [1.54, 1.807) is 6.20 Å². The highest BCUT2D eigenvalue weighted by Gasteiger charge is 2.06. The molecular weight excluding hydrogens is 238 g/mol. The molecule has 5 heteroatoms. The molecule has 19 heavy (non-hydrogen) atoms. The minimum atomic E-state index is 0.268. The van der Waals surface area contributed by atoms with E-state index in [1.807, 2.05) is 25.3 Å². The molecule has 0 saturated carbocycles. The topological polar surface area (TPSA) is 76.7 Å². The van der Waals surface area contributed by atoms with Crippen molar-refractivity contribution >= 4 is 5.82 Å². The maximum atomic E-state index is 5.62. The van der Waals surface area contributed by atoms with Gasteiger partial charge in [-0.15, -0.1) is 0 Å². The van der Waals surface area contributed by atoms with Crippen LogP contribution < -0.4 is 11.1 Å². The van der Waals surface area contributed by atoms with Crippen LogP contribution in [0.3, 0.4) is 0 Å². The van der Waals surface area contributed by atoms with E-state index in [1.165, 1.54) is 5.56 Å². The lowest BCUT2D eigenvalue weighted by Crippen LogP contribution is -2.19. The Morgan fingerprint density at radius 1 is 1.37 bits per heavy atom. The first kappa shape index (κ1) is 13.4. The number of hydrogen-bond donors (Lipinski definition) is 2. The van der Waals surface area contributed by atoms with Crippen molar-refractivity contribution in [3.63, 3.8) is 0 Å². The molecule has 2 aromatic rings. The van der Waals surface area contributed by atoms with Crippen LogP contribution in [0.25, 0.3) is 0 Å². The standard InChI is InChI=1S/C14H19N5/c1-10(6-12-4-3-5-16-9-12)17-14-7-13(8-15)18-11(2)19-14/h3-5,7,9-10H,6,8,15H2,1-2H3,(H,17,18,19). The van der Waals surface area contributed by atoms with Gasteiger partial charge in [0.2, 0.25) is 0 Å². The van der Waals surface area contributed by atoms with Gasteiger partial charge in [0.05, 0.1) is 5.69 Å². The van der Waals surface area contributed by atoms with Gasteiger partial charge in [-0.05, 0) is 31.9 Å². The molecule has 0 radical (unpaired) electrons. The van der Waals surface area contributed by atoms with E-state index in [9.17, 15) is 0 Å². The molecule has 2 rings (SSSR count). The largest absolute Gasteiger partial charge is 0.367 e. The van der Waals surface area contributed by atoms with Crippen LogP contribution in [0.2, 0.25) is 0 Å². The molecule has 0 bridgehead atoms. The Balaban J connectivity index is 2.02. The van der Waals surface area contributed by atoms with Gasteiger partial charge in [0.25, 0.3) is 0 Å². The Hall–Kier alpha value is -2.01. The summed E-state index contributed by atoms with van der Waals surface area (Å²) < 4.78 is 0. The van der Waals surface area contributed by atoms with Gasteiger partial charge in [-0.2, -0.15) is 0 Å². The number of hydrogen-bond acceptors (Lipinski definition) is 5. The van der Waals surface area contributed by atoms with E-state index in [-0.39, 0.29) is 6.04 Å². The van der Waals surface area contributed by atoms with Gasteiger partial charge in [0.15, 0.2) is 0 Å². The summed E-state index contributed by atoms with van der Waals surface area (Å²) in [6.45, 7) is 4.41. The maximum Gasteiger partial charge on any atom is 0.130 e. The Labute approximate surface area is 113 Å². The second kappa shape index (κ2) is 6.24. The Morgan fingerprint density at radius 3 is 2.89 bits per heavy atom. The van der Waals surface area contributed by atoms with Crippen LogP contribution in [0.15, 0.2) is 30.6 Å². The van der Waals surface area contributed by atoms with E-state index in [4.69, 9.17) is 5.73 Å². The predicted molar refractivity (Wildman–Crippen MR) is 75.7 cm³/mol. The van der Waals surface area contributed by atoms with Crippen molar-refractivity contribution in [2.75, 3.05) is 5.32 Å². The Morgan fingerprint density at radius 2 is 2.21 bits per heavy atom. The molecular formula is C14H19N5. The molecule has 0 aliphatic heterocycles. The summed E-state index contributed by atoms with van der Waals surface area (Å²) in [5.74, 6) is 1.56. The molecule has 3 N–H and O–H groups in total. The second-order valence-corrected chi connectivity index (χ2v) is 4.61. The number of aromatic nitrogens is 3. The predicted octanol–water partition coefficient (Wildman–Crippen LogP) is 1.68. The van der Waals surface area contributed by atoms with Gasteiger partial charge in [-0.3, -0.25) is 4.98 Å². The van der Waals surface area contributed by atoms with Crippen molar-refractivity contribution in [2.45, 2.75) is 32.9 Å². The lowest BCUT2D eigenvalue weighted by atomic mass is 10.1. The summed E-state index contributed by atoms with van der Waals surface area (Å²) in [6.07, 6.45) is 4.56. The monoisotopic (exact) mass is 257 g/mol. The molecule has 1 unspecified atom stereocenters. The number of nitrogens with two attached hydrogens (primary N) is 1. The Bertz CT molecular complexity index is 527. The SMILES string of the molecule is Cc1nc(CN)cc(NC(C)Cc2cccnc2)n1. The van der Waals surface area contributed by atoms with Crippen molar-refractivity contribution < 1.29 is 0 Å². The fraction of sp³-hybridized carbons (Fsp3) is 0.357. The number of nitrogens with one attached hydrogen (secondary N) is 1. The fourth-order valence-electron chi connectivity index (χ4n) is 1.98. The highest BCUT2D eigenvalue weighted by atomic mass is 15.0. The van der Waals surface area contributed by atoms with E-state index < -0.39 is 0 Å². The molecule has 1 atom stereocenters. The van der Waals surface area contributed by atoms with E-state index in [2.05, 4.69) is 33.3 Å². The van der Waals surface area contributed by atoms with Gasteiger partial charge in [0, 0.05) is 31.0 Å². The van der Waals surface area contributed by atoms with E-state index in [0.29, 0.717) is 6.54 Å². The van der Waals surface area contributed by atoms with Crippen molar-refractivity contribution in [1.29, 1.82) is 0 Å². The number of nitrogens with zero attached hydrogens (tertiary/aromatic N) is 3. The molecule has 0 aliphatic carbocycles. The second-order valence-electron chi connectivity index (χ2n) is 4.61. The van der Waals surface area contributed by atoms with Gasteiger partial charge in [-0.1, -0.05) is 6.07 Å². The van der Waals surface area contributed by atoms with Crippen LogP contribution in [-0.4, -0.2) is 21.0 Å². The molecule has 5 nitrogen and oxygen atoms in total. The van der Waals surface area contributed by atoms with Crippen LogP contribution in [-0.2, 0) is 13.0 Å². The van der Waals surface area contributed by atoms with E-state index >= 15 is 0 Å². The van der Waals surface area contributed by atoms with Crippen LogP contribution in [0.4, 0.5) is 5.82 Å². The molecule has 0 aromatic carbocycles. The molecule has 100 valence electrons. The normalized spacial score (nSPS) is 12.2. The molecule has 2 aromatic heterocycles. The molecule has 0 amide bonds. The first-order valence-corrected chi connectivity index (χ1v) is 6.37. The van der Waals surface area contributed by atoms with Crippen molar-refractivity contribution in [3.8, 4) is 0 Å². The molecule has 0 aliphatic rings. The Kier molecular flexibility index (Phi) is 4.41. The van der Waals surface area contributed by atoms with Gasteiger partial charge >= 0.3 is 0 Å². The first-order chi connectivity index (χ1) is 9.17. The van der Waals surface area contributed by atoms with Gasteiger partial charge in [-0.25, -0.2) is 9.97 Å². The third kappa shape index (κ3) is 3.99. The minimum absolute atomic E-state index is 0.268. The highest BCUT2D eigenvalue weighted by molar-refractivity contribution is 5.37. The van der Waals surface area contributed by atoms with Gasteiger partial charge < -0.3 is 11.1 Å². The zero-order valence-corrected chi connectivity index (χ0v) is 11.3. The summed E-state index contributed by atoms with van der Waals surface area (Å²) in [5, 5.41) is 3.37. The van der Waals surface area contributed by atoms with Crippen LogP contribution in [0.1, 0.15) is 24.0 Å². The third-order valence-corrected chi connectivity index (χ3v) is 2.76. The van der Waals surface area contributed by atoms with Gasteiger partial charge in [0.1, 0.15) is 11.6 Å². The average Bonchev–Trinajstić information content (AvgIpc) is 2.38. The fourth-order valence-corrected chi connectivity index (χ4v) is 1.98. The molecule has 0 saturated heterocycles. The molecule has 0 spiro atoms. The summed E-state index contributed by atoms with van der Waals surface area (Å²) in [4.78, 5) is 12.7. The summed E-state index contributed by atoms with van der Waals surface area (Å²) in [5.41, 5.74) is 7.67. The first-order valence-electron chi connectivity index (χ1n) is 6.37. The summed E-state index contributed by atoms with van der Waals surface area (Å²) in [7, 11) is 0. The third-order valence-electron chi connectivity index (χ3n) is 2.76. The number of pyridine rings is 1. The number of rotatable bonds is 5. The van der Waals surface area contributed by atoms with E-state index in [0.717, 1.165) is 23.8 Å². The van der Waals surface area contributed by atoms with Crippen molar-refractivity contribution in [3.05, 3.63) is 47.7 Å². The average molecular weight is 257 g/mol. The highest BCUT2D eigenvalue weighted by Crippen LogP contribution is 2.10. The summed E-state index contributed by atoms with van der Waals surface area (Å²) in [6, 6.07) is 6.18. The van der Waals surface area contributed by atoms with Crippen LogP contribution >= 0.6 is 0 Å². The van der Waals surface area contributed by atoms with Crippen molar-refractivity contribution in [2.24, 2.45) is 5.73 Å². The number of anilines is 1.